The van der Waals surface area contributed by atoms with Gasteiger partial charge in [0.2, 0.25) is 11.9 Å². The Labute approximate surface area is 208 Å². The number of anilines is 4. The Morgan fingerprint density at radius 2 is 1.86 bits per heavy atom. The van der Waals surface area contributed by atoms with Crippen LogP contribution >= 0.6 is 0 Å². The maximum atomic E-state index is 13.1. The van der Waals surface area contributed by atoms with Crippen molar-refractivity contribution >= 4 is 29.0 Å². The van der Waals surface area contributed by atoms with Crippen molar-refractivity contribution in [3.63, 3.8) is 0 Å². The van der Waals surface area contributed by atoms with Crippen LogP contribution < -0.4 is 19.9 Å². The van der Waals surface area contributed by atoms with Crippen molar-refractivity contribution in [3.05, 3.63) is 30.0 Å². The molecule has 1 N–H and O–H groups in total. The number of carbonyl (C=O) groups is 1. The number of carbonyl (C=O) groups excluding carboxylic acids is 1. The van der Waals surface area contributed by atoms with Gasteiger partial charge in [-0.25, -0.2) is 4.98 Å². The highest BCUT2D eigenvalue weighted by Crippen LogP contribution is 2.40. The second kappa shape index (κ2) is 10.0. The smallest absolute Gasteiger partial charge is 0.249 e. The Hall–Kier alpha value is -2.87. The number of hydrogen-bond donors (Lipinski definition) is 1. The molecule has 0 spiro atoms. The monoisotopic (exact) mass is 478 g/mol. The third kappa shape index (κ3) is 4.56. The molecule has 8 nitrogen and oxygen atoms in total. The van der Waals surface area contributed by atoms with E-state index in [4.69, 9.17) is 9.72 Å². The average molecular weight is 479 g/mol. The molecule has 1 aliphatic carbocycles. The van der Waals surface area contributed by atoms with Crippen molar-refractivity contribution in [3.8, 4) is 5.75 Å². The summed E-state index contributed by atoms with van der Waals surface area (Å²) >= 11 is 0. The fraction of sp³-hybridized carbons (Fsp3) is 0.593. The zero-order valence-electron chi connectivity index (χ0n) is 21.5. The van der Waals surface area contributed by atoms with Crippen molar-refractivity contribution in [1.29, 1.82) is 0 Å². The fourth-order valence-corrected chi connectivity index (χ4v) is 5.97. The molecule has 3 aliphatic rings. The number of amides is 1. The topological polar surface area (TPSA) is 73.8 Å². The number of benzene rings is 1. The maximum absolute atomic E-state index is 13.1. The van der Waals surface area contributed by atoms with E-state index in [1.54, 1.807) is 18.2 Å². The molecule has 1 amide bonds. The minimum absolute atomic E-state index is 0.127. The van der Waals surface area contributed by atoms with Gasteiger partial charge in [-0.3, -0.25) is 4.79 Å². The summed E-state index contributed by atoms with van der Waals surface area (Å²) in [6.07, 6.45) is 9.48. The molecule has 2 aliphatic heterocycles. The lowest BCUT2D eigenvalue weighted by atomic mass is 9.89. The number of ether oxygens (including phenoxy) is 1. The quantitative estimate of drug-likeness (QED) is 0.653. The van der Waals surface area contributed by atoms with E-state index in [0.29, 0.717) is 17.9 Å². The lowest BCUT2D eigenvalue weighted by Gasteiger charge is -2.43. The van der Waals surface area contributed by atoms with Gasteiger partial charge in [0.05, 0.1) is 19.0 Å². The Balaban J connectivity index is 1.44. The van der Waals surface area contributed by atoms with Crippen molar-refractivity contribution in [2.45, 2.75) is 69.9 Å². The van der Waals surface area contributed by atoms with Gasteiger partial charge in [-0.2, -0.15) is 4.98 Å². The molecule has 1 saturated heterocycles. The van der Waals surface area contributed by atoms with Gasteiger partial charge in [0.1, 0.15) is 17.5 Å². The molecule has 35 heavy (non-hydrogen) atoms. The molecule has 5 rings (SSSR count). The number of methoxy groups -OCH3 is 1. The predicted molar refractivity (Wildman–Crippen MR) is 140 cm³/mol. The van der Waals surface area contributed by atoms with E-state index in [-0.39, 0.29) is 11.9 Å². The number of piperidine rings is 1. The van der Waals surface area contributed by atoms with Crippen molar-refractivity contribution in [2.24, 2.45) is 0 Å². The summed E-state index contributed by atoms with van der Waals surface area (Å²) in [5, 5.41) is 3.40. The molecule has 0 bridgehead atoms. The number of hydrogen-bond acceptors (Lipinski definition) is 7. The number of fused-ring (bicyclic) bond motifs is 1. The van der Waals surface area contributed by atoms with Gasteiger partial charge in [0, 0.05) is 13.1 Å². The molecule has 2 aromatic rings. The van der Waals surface area contributed by atoms with Crippen molar-refractivity contribution in [1.82, 2.24) is 14.9 Å². The average Bonchev–Trinajstić information content (AvgIpc) is 3.41. The third-order valence-electron chi connectivity index (χ3n) is 8.07. The summed E-state index contributed by atoms with van der Waals surface area (Å²) in [7, 11) is 5.73. The van der Waals surface area contributed by atoms with Crippen LogP contribution in [-0.2, 0) is 4.79 Å². The largest absolute Gasteiger partial charge is 0.495 e. The zero-order valence-corrected chi connectivity index (χ0v) is 21.5. The Bertz CT molecular complexity index is 1060. The second-order valence-corrected chi connectivity index (χ2v) is 10.2. The van der Waals surface area contributed by atoms with Gasteiger partial charge < -0.3 is 24.8 Å². The predicted octanol–water partition coefficient (Wildman–Crippen LogP) is 4.54. The van der Waals surface area contributed by atoms with Crippen LogP contribution in [0.5, 0.6) is 5.75 Å². The number of likely N-dealkylation sites (tertiary alicyclic amines) is 1. The second-order valence-electron chi connectivity index (χ2n) is 10.2. The van der Waals surface area contributed by atoms with Crippen LogP contribution in [0.25, 0.3) is 0 Å². The molecule has 2 fully saturated rings. The molecule has 0 radical (unpaired) electrons. The van der Waals surface area contributed by atoms with Gasteiger partial charge in [-0.1, -0.05) is 25.8 Å². The maximum Gasteiger partial charge on any atom is 0.249 e. The van der Waals surface area contributed by atoms with Crippen LogP contribution in [0, 0.1) is 0 Å². The first-order valence-electron chi connectivity index (χ1n) is 13.1. The van der Waals surface area contributed by atoms with Crippen LogP contribution in [0.2, 0.25) is 0 Å². The van der Waals surface area contributed by atoms with Gasteiger partial charge in [0.25, 0.3) is 0 Å². The molecule has 1 aromatic heterocycles. The highest BCUT2D eigenvalue weighted by molar-refractivity contribution is 6.04. The highest BCUT2D eigenvalue weighted by atomic mass is 16.5. The molecule has 3 heterocycles. The van der Waals surface area contributed by atoms with E-state index < -0.39 is 0 Å². The first-order valence-corrected chi connectivity index (χ1v) is 13.1. The van der Waals surface area contributed by atoms with Crippen molar-refractivity contribution < 1.29 is 9.53 Å². The number of nitrogens with one attached hydrogen (secondary N) is 1. The van der Waals surface area contributed by atoms with E-state index in [1.807, 2.05) is 7.05 Å². The van der Waals surface area contributed by atoms with E-state index in [0.717, 1.165) is 55.3 Å². The summed E-state index contributed by atoms with van der Waals surface area (Å²) in [5.41, 5.74) is 2.95. The molecular weight excluding hydrogens is 440 g/mol. The van der Waals surface area contributed by atoms with E-state index in [2.05, 4.69) is 52.3 Å². The number of nitrogens with zero attached hydrogens (tertiary/aromatic N) is 5. The van der Waals surface area contributed by atoms with Crippen LogP contribution in [0.3, 0.4) is 0 Å². The minimum atomic E-state index is -0.179. The fourth-order valence-electron chi connectivity index (χ4n) is 5.97. The lowest BCUT2D eigenvalue weighted by molar-refractivity contribution is -0.120. The molecule has 1 saturated carbocycles. The highest BCUT2D eigenvalue weighted by Gasteiger charge is 2.41. The minimum Gasteiger partial charge on any atom is -0.495 e. The number of aromatic nitrogens is 2. The van der Waals surface area contributed by atoms with Crippen LogP contribution in [0.1, 0.15) is 63.4 Å². The lowest BCUT2D eigenvalue weighted by Crippen LogP contribution is -2.55. The Morgan fingerprint density at radius 3 is 2.54 bits per heavy atom. The number of rotatable bonds is 6. The molecule has 0 unspecified atom stereocenters. The molecule has 8 heteroatoms. The van der Waals surface area contributed by atoms with Crippen LogP contribution in [-0.4, -0.2) is 67.2 Å². The van der Waals surface area contributed by atoms with Crippen molar-refractivity contribution in [2.75, 3.05) is 49.4 Å². The summed E-state index contributed by atoms with van der Waals surface area (Å²) in [5.74, 6) is 2.87. The summed E-state index contributed by atoms with van der Waals surface area (Å²) in [4.78, 5) is 29.0. The third-order valence-corrected chi connectivity index (χ3v) is 8.07. The standard InChI is InChI=1S/C27H38N6O2/c1-5-22-26(34)32(3)23-17-28-27(30-25(23)33(22)20-8-6-7-9-20)29-21-11-10-19(16-24(21)35-4)18-12-14-31(2)15-13-18/h10-11,16-18,20,22H,5-9,12-15H2,1-4H3,(H,28,29,30)/t22-/m1/s1. The molecule has 188 valence electrons. The number of likely N-dealkylation sites (N-methyl/N-ethyl adjacent to an activating group) is 1. The first kappa shape index (κ1) is 23.9. The normalized spacial score (nSPS) is 21.9. The summed E-state index contributed by atoms with van der Waals surface area (Å²) < 4.78 is 5.76. The van der Waals surface area contributed by atoms with Gasteiger partial charge >= 0.3 is 0 Å². The van der Waals surface area contributed by atoms with E-state index in [9.17, 15) is 4.79 Å². The molecule has 1 atom stereocenters. The van der Waals surface area contributed by atoms with Gasteiger partial charge in [-0.05, 0) is 75.9 Å². The van der Waals surface area contributed by atoms with Gasteiger partial charge in [0.15, 0.2) is 5.82 Å². The Morgan fingerprint density at radius 1 is 1.11 bits per heavy atom. The Kier molecular flexibility index (Phi) is 6.82. The molecule has 1 aromatic carbocycles. The zero-order chi connectivity index (χ0) is 24.5. The van der Waals surface area contributed by atoms with Crippen LogP contribution in [0.4, 0.5) is 23.1 Å². The van der Waals surface area contributed by atoms with Crippen LogP contribution in [0.15, 0.2) is 24.4 Å². The molecular formula is C27H38N6O2. The SMILES string of the molecule is CC[C@@H]1C(=O)N(C)c2cnc(Nc3ccc(C4CCN(C)CC4)cc3OC)nc2N1C1CCCC1. The van der Waals surface area contributed by atoms with Gasteiger partial charge in [-0.15, -0.1) is 0 Å². The summed E-state index contributed by atoms with van der Waals surface area (Å²) in [6, 6.07) is 6.60. The van der Waals surface area contributed by atoms with E-state index >= 15 is 0 Å². The van der Waals surface area contributed by atoms with E-state index in [1.165, 1.54) is 31.2 Å². The first-order chi connectivity index (χ1) is 17.0. The summed E-state index contributed by atoms with van der Waals surface area (Å²) in [6.45, 7) is 4.34.